The molecule has 2 atom stereocenters. The zero-order chi connectivity index (χ0) is 26.4. The number of carbonyl (C=O) groups excluding carboxylic acids is 2. The lowest BCUT2D eigenvalue weighted by molar-refractivity contribution is -0.116. The molecule has 2 aliphatic rings. The van der Waals surface area contributed by atoms with Crippen LogP contribution in [-0.2, 0) is 14.3 Å². The van der Waals surface area contributed by atoms with Crippen LogP contribution >= 0.6 is 11.8 Å². The molecule has 2 aliphatic heterocycles. The summed E-state index contributed by atoms with van der Waals surface area (Å²) in [5, 5.41) is 2.97. The third-order valence-electron chi connectivity index (χ3n) is 7.11. The van der Waals surface area contributed by atoms with Crippen molar-refractivity contribution in [2.75, 3.05) is 19.7 Å². The van der Waals surface area contributed by atoms with Crippen molar-refractivity contribution in [3.05, 3.63) is 132 Å². The van der Waals surface area contributed by atoms with Crippen LogP contribution in [0.3, 0.4) is 0 Å². The Balaban J connectivity index is 1.56. The van der Waals surface area contributed by atoms with E-state index >= 15 is 0 Å². The molecule has 5 rings (SSSR count). The van der Waals surface area contributed by atoms with Crippen LogP contribution in [0.2, 0.25) is 0 Å². The number of benzene rings is 3. The second-order valence-electron chi connectivity index (χ2n) is 9.54. The largest absolute Gasteiger partial charge is 0.445 e. The number of hydrogen-bond acceptors (Lipinski definition) is 4. The Labute approximate surface area is 228 Å². The third-order valence-corrected chi connectivity index (χ3v) is 8.85. The topological polar surface area (TPSA) is 58.6 Å². The van der Waals surface area contributed by atoms with Gasteiger partial charge in [-0.15, -0.1) is 11.8 Å². The first-order valence-electron chi connectivity index (χ1n) is 13.0. The second-order valence-corrected chi connectivity index (χ2v) is 11.1. The number of carbonyl (C=O) groups is 2. The van der Waals surface area contributed by atoms with Gasteiger partial charge >= 0.3 is 6.09 Å². The van der Waals surface area contributed by atoms with Gasteiger partial charge in [0.2, 0.25) is 5.91 Å². The number of rotatable bonds is 8. The Morgan fingerprint density at radius 1 is 0.974 bits per heavy atom. The summed E-state index contributed by atoms with van der Waals surface area (Å²) >= 11 is 1.87. The van der Waals surface area contributed by atoms with Crippen molar-refractivity contribution >= 4 is 23.8 Å². The van der Waals surface area contributed by atoms with E-state index in [-0.39, 0.29) is 29.9 Å². The van der Waals surface area contributed by atoms with Gasteiger partial charge in [-0.3, -0.25) is 4.79 Å². The maximum Gasteiger partial charge on any atom is 0.410 e. The van der Waals surface area contributed by atoms with Gasteiger partial charge < -0.3 is 15.0 Å². The SMILES string of the molecule is C=CCOC(=O)N1C[C@@H](SC(c2ccccc2)(c2ccccc2)c2ccccc2)C[C@H]1C=C1CCNC1=O. The summed E-state index contributed by atoms with van der Waals surface area (Å²) < 4.78 is 4.97. The Morgan fingerprint density at radius 3 is 2.00 bits per heavy atom. The number of amides is 2. The van der Waals surface area contributed by atoms with E-state index in [4.69, 9.17) is 4.74 Å². The summed E-state index contributed by atoms with van der Waals surface area (Å²) in [6.45, 7) is 4.98. The number of ether oxygens (including phenoxy) is 1. The van der Waals surface area contributed by atoms with Crippen LogP contribution in [0.25, 0.3) is 0 Å². The van der Waals surface area contributed by atoms with E-state index in [1.165, 1.54) is 16.7 Å². The molecule has 194 valence electrons. The van der Waals surface area contributed by atoms with Crippen LogP contribution in [0.1, 0.15) is 29.5 Å². The first kappa shape index (κ1) is 25.9. The minimum absolute atomic E-state index is 0.0484. The molecular weight excluding hydrogens is 492 g/mol. The lowest BCUT2D eigenvalue weighted by atomic mass is 9.84. The quantitative estimate of drug-likeness (QED) is 0.226. The monoisotopic (exact) mass is 524 g/mol. The molecule has 0 spiro atoms. The molecule has 2 fully saturated rings. The smallest absolute Gasteiger partial charge is 0.410 e. The summed E-state index contributed by atoms with van der Waals surface area (Å²) in [5.41, 5.74) is 4.28. The highest BCUT2D eigenvalue weighted by Crippen LogP contribution is 2.52. The molecular formula is C32H32N2O3S. The van der Waals surface area contributed by atoms with Crippen molar-refractivity contribution in [2.24, 2.45) is 0 Å². The van der Waals surface area contributed by atoms with Crippen LogP contribution in [0, 0.1) is 0 Å². The number of thioether (sulfide) groups is 1. The minimum Gasteiger partial charge on any atom is -0.445 e. The molecule has 3 aromatic rings. The molecule has 2 amide bonds. The maximum absolute atomic E-state index is 13.1. The van der Waals surface area contributed by atoms with Crippen LogP contribution in [0.4, 0.5) is 4.79 Å². The predicted molar refractivity (Wildman–Crippen MR) is 153 cm³/mol. The Bertz CT molecular complexity index is 1200. The standard InChI is InChI=1S/C32H32N2O3S/c1-2-20-37-31(36)34-23-29(22-28(34)21-24-18-19-33-30(24)35)38-32(25-12-6-3-7-13-25,26-14-8-4-9-15-26)27-16-10-5-11-17-27/h2-17,21,28-29H,1,18-20,22-23H2,(H,33,35)/t28-,29+/m1/s1. The molecule has 0 radical (unpaired) electrons. The van der Waals surface area contributed by atoms with Crippen molar-refractivity contribution in [1.82, 2.24) is 10.2 Å². The van der Waals surface area contributed by atoms with E-state index in [0.717, 1.165) is 12.0 Å². The Hall–Kier alpha value is -3.77. The van der Waals surface area contributed by atoms with Crippen molar-refractivity contribution in [3.63, 3.8) is 0 Å². The lowest BCUT2D eigenvalue weighted by Crippen LogP contribution is -2.36. The van der Waals surface area contributed by atoms with Crippen LogP contribution in [0.5, 0.6) is 0 Å². The number of likely N-dealkylation sites (tertiary alicyclic amines) is 1. The van der Waals surface area contributed by atoms with E-state index in [0.29, 0.717) is 19.5 Å². The molecule has 6 heteroatoms. The van der Waals surface area contributed by atoms with Gasteiger partial charge in [-0.1, -0.05) is 110 Å². The van der Waals surface area contributed by atoms with Gasteiger partial charge in [0, 0.05) is 23.9 Å². The molecule has 0 saturated carbocycles. The average molecular weight is 525 g/mol. The minimum atomic E-state index is -0.488. The molecule has 0 aromatic heterocycles. The fourth-order valence-corrected chi connectivity index (χ4v) is 7.24. The second kappa shape index (κ2) is 11.7. The van der Waals surface area contributed by atoms with Crippen LogP contribution in [0.15, 0.2) is 115 Å². The highest BCUT2D eigenvalue weighted by atomic mass is 32.2. The molecule has 38 heavy (non-hydrogen) atoms. The van der Waals surface area contributed by atoms with Gasteiger partial charge in [0.15, 0.2) is 0 Å². The van der Waals surface area contributed by atoms with Crippen molar-refractivity contribution in [2.45, 2.75) is 28.9 Å². The van der Waals surface area contributed by atoms with Crippen LogP contribution in [-0.4, -0.2) is 47.9 Å². The third kappa shape index (κ3) is 5.27. The van der Waals surface area contributed by atoms with E-state index < -0.39 is 4.75 Å². The number of nitrogens with one attached hydrogen (secondary N) is 1. The molecule has 0 unspecified atom stereocenters. The molecule has 0 bridgehead atoms. The van der Waals surface area contributed by atoms with Crippen LogP contribution < -0.4 is 5.32 Å². The fraction of sp³-hybridized carbons (Fsp3) is 0.250. The number of hydrogen-bond donors (Lipinski definition) is 1. The van der Waals surface area contributed by atoms with Gasteiger partial charge in [0.05, 0.1) is 10.8 Å². The van der Waals surface area contributed by atoms with E-state index in [9.17, 15) is 9.59 Å². The number of nitrogens with zero attached hydrogens (tertiary/aromatic N) is 1. The highest BCUT2D eigenvalue weighted by molar-refractivity contribution is 8.01. The molecule has 3 aromatic carbocycles. The molecule has 5 nitrogen and oxygen atoms in total. The van der Waals surface area contributed by atoms with Crippen molar-refractivity contribution in [1.29, 1.82) is 0 Å². The highest BCUT2D eigenvalue weighted by Gasteiger charge is 2.44. The van der Waals surface area contributed by atoms with E-state index in [1.807, 2.05) is 36.0 Å². The summed E-state index contributed by atoms with van der Waals surface area (Å²) in [7, 11) is 0. The van der Waals surface area contributed by atoms with Gasteiger partial charge in [0.25, 0.3) is 0 Å². The predicted octanol–water partition coefficient (Wildman–Crippen LogP) is 5.92. The first-order valence-corrected chi connectivity index (χ1v) is 13.9. The summed E-state index contributed by atoms with van der Waals surface area (Å²) in [5.74, 6) is -0.0484. The normalized spacial score (nSPS) is 20.4. The lowest BCUT2D eigenvalue weighted by Gasteiger charge is -2.37. The maximum atomic E-state index is 13.1. The van der Waals surface area contributed by atoms with E-state index in [1.54, 1.807) is 11.0 Å². The molecule has 2 saturated heterocycles. The van der Waals surface area contributed by atoms with Crippen molar-refractivity contribution in [3.8, 4) is 0 Å². The van der Waals surface area contributed by atoms with Gasteiger partial charge in [-0.2, -0.15) is 0 Å². The summed E-state index contributed by atoms with van der Waals surface area (Å²) in [6, 6.07) is 31.5. The zero-order valence-corrected chi connectivity index (χ0v) is 22.1. The van der Waals surface area contributed by atoms with Crippen molar-refractivity contribution < 1.29 is 14.3 Å². The Kier molecular flexibility index (Phi) is 7.99. The molecule has 2 heterocycles. The Morgan fingerprint density at radius 2 is 1.53 bits per heavy atom. The molecule has 1 N–H and O–H groups in total. The summed E-state index contributed by atoms with van der Waals surface area (Å²) in [4.78, 5) is 27.2. The van der Waals surface area contributed by atoms with E-state index in [2.05, 4.69) is 84.7 Å². The molecule has 0 aliphatic carbocycles. The van der Waals surface area contributed by atoms with Gasteiger partial charge in [-0.25, -0.2) is 4.79 Å². The zero-order valence-electron chi connectivity index (χ0n) is 21.3. The first-order chi connectivity index (χ1) is 18.6. The summed E-state index contributed by atoms with van der Waals surface area (Å²) in [6.07, 6.45) is 4.55. The fourth-order valence-electron chi connectivity index (χ4n) is 5.39. The average Bonchev–Trinajstić information content (AvgIpc) is 3.57. The van der Waals surface area contributed by atoms with Gasteiger partial charge in [0.1, 0.15) is 6.61 Å². The van der Waals surface area contributed by atoms with Gasteiger partial charge in [-0.05, 0) is 29.5 Å².